The van der Waals surface area contributed by atoms with Gasteiger partial charge in [-0.15, -0.1) is 0 Å². The molecule has 21 heavy (non-hydrogen) atoms. The first-order valence-corrected chi connectivity index (χ1v) is 8.21. The number of hydrogen-bond donors (Lipinski definition) is 1. The van der Waals surface area contributed by atoms with Crippen LogP contribution in [0.4, 0.5) is 0 Å². The van der Waals surface area contributed by atoms with Crippen LogP contribution in [-0.2, 0) is 19.6 Å². The monoisotopic (exact) mass is 353 g/mol. The van der Waals surface area contributed by atoms with E-state index in [9.17, 15) is 18.3 Å². The Balaban J connectivity index is 2.55. The molecule has 0 aliphatic carbocycles. The highest BCUT2D eigenvalue weighted by molar-refractivity contribution is 7.89. The molecule has 1 aliphatic heterocycles. The van der Waals surface area contributed by atoms with Crippen molar-refractivity contribution in [3.05, 3.63) is 28.2 Å². The second kappa shape index (κ2) is 5.73. The molecule has 0 radical (unpaired) electrons. The van der Waals surface area contributed by atoms with Gasteiger partial charge in [-0.05, 0) is 24.6 Å². The summed E-state index contributed by atoms with van der Waals surface area (Å²) >= 11 is 11.6. The van der Waals surface area contributed by atoms with Crippen molar-refractivity contribution < 1.29 is 23.1 Å². The molecule has 1 aromatic rings. The SMILES string of the molecule is CO[C@@]1(C(=O)O)CCCN1S(=O)(=O)c1cc(Cl)cc(Cl)c1. The van der Waals surface area contributed by atoms with Crippen LogP contribution in [0.1, 0.15) is 12.8 Å². The summed E-state index contributed by atoms with van der Waals surface area (Å²) in [6.07, 6.45) is 0.458. The van der Waals surface area contributed by atoms with Crippen LogP contribution in [0, 0.1) is 0 Å². The standard InChI is InChI=1S/C12H13Cl2NO5S/c1-20-12(11(16)17)3-2-4-15(12)21(18,19)10-6-8(13)5-9(14)7-10/h5-7H,2-4H2,1H3,(H,16,17)/t12-/m1/s1. The van der Waals surface area contributed by atoms with Crippen molar-refractivity contribution in [2.24, 2.45) is 0 Å². The molecule has 2 rings (SSSR count). The zero-order valence-electron chi connectivity index (χ0n) is 11.0. The Labute approximate surface area is 132 Å². The number of carboxylic acid groups (broad SMARTS) is 1. The third-order valence-corrected chi connectivity index (χ3v) is 5.70. The Morgan fingerprint density at radius 1 is 1.33 bits per heavy atom. The molecule has 1 saturated heterocycles. The summed E-state index contributed by atoms with van der Waals surface area (Å²) in [7, 11) is -2.92. The summed E-state index contributed by atoms with van der Waals surface area (Å²) in [5.74, 6) is -1.35. The topological polar surface area (TPSA) is 83.9 Å². The predicted molar refractivity (Wildman–Crippen MR) is 77.0 cm³/mol. The van der Waals surface area contributed by atoms with Crippen LogP contribution in [0.15, 0.2) is 23.1 Å². The first-order valence-electron chi connectivity index (χ1n) is 6.01. The highest BCUT2D eigenvalue weighted by Crippen LogP contribution is 2.36. The first-order chi connectivity index (χ1) is 9.74. The number of ether oxygens (including phenoxy) is 1. The Hall–Kier alpha value is -0.860. The molecule has 1 atom stereocenters. The number of nitrogens with zero attached hydrogens (tertiary/aromatic N) is 1. The average Bonchev–Trinajstić information content (AvgIpc) is 2.83. The van der Waals surface area contributed by atoms with Gasteiger partial charge in [-0.25, -0.2) is 13.2 Å². The van der Waals surface area contributed by atoms with Gasteiger partial charge < -0.3 is 9.84 Å². The maximum atomic E-state index is 12.7. The normalized spacial score (nSPS) is 23.4. The molecule has 0 aromatic heterocycles. The van der Waals surface area contributed by atoms with Gasteiger partial charge in [-0.3, -0.25) is 0 Å². The van der Waals surface area contributed by atoms with Crippen LogP contribution < -0.4 is 0 Å². The third kappa shape index (κ3) is 2.76. The second-order valence-electron chi connectivity index (χ2n) is 4.58. The minimum absolute atomic E-state index is 0.0482. The van der Waals surface area contributed by atoms with E-state index in [2.05, 4.69) is 0 Å². The van der Waals surface area contributed by atoms with Crippen LogP contribution in [0.3, 0.4) is 0 Å². The molecule has 6 nitrogen and oxygen atoms in total. The van der Waals surface area contributed by atoms with E-state index in [4.69, 9.17) is 27.9 Å². The van der Waals surface area contributed by atoms with Crippen molar-refractivity contribution in [3.63, 3.8) is 0 Å². The van der Waals surface area contributed by atoms with E-state index >= 15 is 0 Å². The summed E-state index contributed by atoms with van der Waals surface area (Å²) in [5.41, 5.74) is -1.90. The van der Waals surface area contributed by atoms with Gasteiger partial charge in [0.05, 0.1) is 4.90 Å². The van der Waals surface area contributed by atoms with Crippen molar-refractivity contribution in [1.29, 1.82) is 0 Å². The highest BCUT2D eigenvalue weighted by Gasteiger charge is 2.54. The maximum Gasteiger partial charge on any atom is 0.352 e. The van der Waals surface area contributed by atoms with Crippen molar-refractivity contribution >= 4 is 39.2 Å². The molecule has 0 amide bonds. The number of hydrogen-bond acceptors (Lipinski definition) is 4. The van der Waals surface area contributed by atoms with Crippen molar-refractivity contribution in [2.75, 3.05) is 13.7 Å². The Morgan fingerprint density at radius 3 is 2.38 bits per heavy atom. The quantitative estimate of drug-likeness (QED) is 0.896. The van der Waals surface area contributed by atoms with E-state index in [1.54, 1.807) is 0 Å². The van der Waals surface area contributed by atoms with E-state index in [-0.39, 0.29) is 27.9 Å². The molecule has 1 aromatic carbocycles. The van der Waals surface area contributed by atoms with Crippen LogP contribution in [0.25, 0.3) is 0 Å². The minimum Gasteiger partial charge on any atom is -0.478 e. The van der Waals surface area contributed by atoms with Crippen molar-refractivity contribution in [2.45, 2.75) is 23.5 Å². The molecular weight excluding hydrogens is 341 g/mol. The molecule has 0 bridgehead atoms. The van der Waals surface area contributed by atoms with Crippen LogP contribution in [0.5, 0.6) is 0 Å². The molecule has 1 fully saturated rings. The molecule has 1 N–H and O–H groups in total. The van der Waals surface area contributed by atoms with Gasteiger partial charge in [0.25, 0.3) is 0 Å². The lowest BCUT2D eigenvalue weighted by Gasteiger charge is -2.32. The number of rotatable bonds is 4. The number of methoxy groups -OCH3 is 1. The first kappa shape index (κ1) is 16.5. The van der Waals surface area contributed by atoms with Gasteiger partial charge in [0.15, 0.2) is 0 Å². The zero-order chi connectivity index (χ0) is 15.8. The summed E-state index contributed by atoms with van der Waals surface area (Å²) in [6.45, 7) is 0.0482. The lowest BCUT2D eigenvalue weighted by molar-refractivity contribution is -0.174. The van der Waals surface area contributed by atoms with E-state index in [0.29, 0.717) is 6.42 Å². The number of sulfonamides is 1. The summed E-state index contributed by atoms with van der Waals surface area (Å²) < 4.78 is 31.2. The average molecular weight is 354 g/mol. The third-order valence-electron chi connectivity index (χ3n) is 3.38. The number of carboxylic acids is 1. The fourth-order valence-electron chi connectivity index (χ4n) is 2.39. The molecule has 116 valence electrons. The number of benzene rings is 1. The van der Waals surface area contributed by atoms with Crippen LogP contribution in [-0.4, -0.2) is 43.2 Å². The van der Waals surface area contributed by atoms with Gasteiger partial charge in [0.2, 0.25) is 15.7 Å². The number of aliphatic carboxylic acids is 1. The predicted octanol–water partition coefficient (Wildman–Crippen LogP) is 2.21. The highest BCUT2D eigenvalue weighted by atomic mass is 35.5. The van der Waals surface area contributed by atoms with E-state index in [1.165, 1.54) is 25.3 Å². The van der Waals surface area contributed by atoms with Gasteiger partial charge in [-0.2, -0.15) is 4.31 Å². The number of carbonyl (C=O) groups is 1. The molecule has 0 spiro atoms. The lowest BCUT2D eigenvalue weighted by atomic mass is 10.2. The largest absolute Gasteiger partial charge is 0.478 e. The molecule has 0 unspecified atom stereocenters. The molecule has 1 aliphatic rings. The van der Waals surface area contributed by atoms with Crippen molar-refractivity contribution in [3.8, 4) is 0 Å². The number of halogens is 2. The lowest BCUT2D eigenvalue weighted by Crippen LogP contribution is -2.54. The van der Waals surface area contributed by atoms with Gasteiger partial charge in [-0.1, -0.05) is 23.2 Å². The fraction of sp³-hybridized carbons (Fsp3) is 0.417. The fourth-order valence-corrected chi connectivity index (χ4v) is 4.85. The van der Waals surface area contributed by atoms with Crippen molar-refractivity contribution in [1.82, 2.24) is 4.31 Å². The van der Waals surface area contributed by atoms with Gasteiger partial charge >= 0.3 is 5.97 Å². The molecule has 0 saturated carbocycles. The van der Waals surface area contributed by atoms with E-state index < -0.39 is 21.7 Å². The summed E-state index contributed by atoms with van der Waals surface area (Å²) in [5, 5.41) is 9.67. The zero-order valence-corrected chi connectivity index (χ0v) is 13.4. The molecule has 1 heterocycles. The summed E-state index contributed by atoms with van der Waals surface area (Å²) in [4.78, 5) is 11.3. The Kier molecular flexibility index (Phi) is 4.51. The molecular formula is C12H13Cl2NO5S. The Bertz CT molecular complexity index is 658. The van der Waals surface area contributed by atoms with Gasteiger partial charge in [0.1, 0.15) is 0 Å². The van der Waals surface area contributed by atoms with Crippen LogP contribution in [0.2, 0.25) is 10.0 Å². The van der Waals surface area contributed by atoms with Crippen LogP contribution >= 0.6 is 23.2 Å². The van der Waals surface area contributed by atoms with Gasteiger partial charge in [0, 0.05) is 30.1 Å². The summed E-state index contributed by atoms with van der Waals surface area (Å²) in [6, 6.07) is 3.85. The smallest absolute Gasteiger partial charge is 0.352 e. The van der Waals surface area contributed by atoms with E-state index in [0.717, 1.165) is 4.31 Å². The minimum atomic E-state index is -4.09. The maximum absolute atomic E-state index is 12.7. The second-order valence-corrected chi connectivity index (χ2v) is 7.31. The molecule has 9 heteroatoms. The van der Waals surface area contributed by atoms with E-state index in [1.807, 2.05) is 0 Å². The Morgan fingerprint density at radius 2 is 1.90 bits per heavy atom.